The zero-order valence-corrected chi connectivity index (χ0v) is 10.4. The third-order valence-electron chi connectivity index (χ3n) is 4.49. The second kappa shape index (κ2) is 3.37. The van der Waals surface area contributed by atoms with Crippen molar-refractivity contribution >= 4 is 16.8 Å². The average Bonchev–Trinajstić information content (AvgIpc) is 2.92. The molecule has 2 aliphatic rings. The molecule has 0 aliphatic carbocycles. The minimum atomic E-state index is 0.196. The van der Waals surface area contributed by atoms with Crippen molar-refractivity contribution in [3.8, 4) is 0 Å². The summed E-state index contributed by atoms with van der Waals surface area (Å²) in [6.45, 7) is 2.14. The van der Waals surface area contributed by atoms with Gasteiger partial charge in [-0.1, -0.05) is 18.2 Å². The molecule has 2 unspecified atom stereocenters. The van der Waals surface area contributed by atoms with Crippen LogP contribution in [0.25, 0.3) is 10.9 Å². The minimum Gasteiger partial charge on any atom is -0.356 e. The van der Waals surface area contributed by atoms with E-state index in [0.29, 0.717) is 11.9 Å². The Morgan fingerprint density at radius 2 is 2.17 bits per heavy atom. The number of hydrogen-bond donors (Lipinski definition) is 1. The summed E-state index contributed by atoms with van der Waals surface area (Å²) in [5, 5.41) is 1.33. The van der Waals surface area contributed by atoms with Crippen molar-refractivity contribution in [2.75, 3.05) is 0 Å². The maximum Gasteiger partial charge on any atom is 0.223 e. The molecule has 92 valence electrons. The summed E-state index contributed by atoms with van der Waals surface area (Å²) in [5.41, 5.74) is 3.86. The van der Waals surface area contributed by atoms with Gasteiger partial charge < -0.3 is 9.88 Å². The van der Waals surface area contributed by atoms with E-state index in [0.717, 1.165) is 19.3 Å². The quantitative estimate of drug-likeness (QED) is 0.755. The van der Waals surface area contributed by atoms with Crippen LogP contribution in [0, 0.1) is 0 Å². The molecule has 0 radical (unpaired) electrons. The normalized spacial score (nSPS) is 26.5. The van der Waals surface area contributed by atoms with Crippen molar-refractivity contribution in [2.24, 2.45) is 0 Å². The zero-order valence-electron chi connectivity index (χ0n) is 10.4. The third-order valence-corrected chi connectivity index (χ3v) is 4.49. The van der Waals surface area contributed by atoms with Crippen LogP contribution in [0.5, 0.6) is 0 Å². The zero-order chi connectivity index (χ0) is 12.3. The van der Waals surface area contributed by atoms with Crippen molar-refractivity contribution in [2.45, 2.75) is 38.3 Å². The van der Waals surface area contributed by atoms with E-state index >= 15 is 0 Å². The number of rotatable bonds is 0. The van der Waals surface area contributed by atoms with Gasteiger partial charge in [-0.15, -0.1) is 0 Å². The molecule has 2 atom stereocenters. The third kappa shape index (κ3) is 1.17. The number of para-hydroxylation sites is 1. The standard InChI is InChI=1S/C15H16N2O/c1-9-15-12(8-10-6-7-14(18)17(9)10)11-4-2-3-5-13(11)16-15/h2-5,9-10,16H,6-8H2,1H3. The number of carbonyl (C=O) groups excluding carboxylic acids is 1. The number of nitrogens with zero attached hydrogens (tertiary/aromatic N) is 1. The molecule has 18 heavy (non-hydrogen) atoms. The fourth-order valence-electron chi connectivity index (χ4n) is 3.67. The van der Waals surface area contributed by atoms with Gasteiger partial charge in [-0.05, 0) is 31.4 Å². The second-order valence-corrected chi connectivity index (χ2v) is 5.44. The molecule has 3 heterocycles. The molecule has 1 aromatic carbocycles. The van der Waals surface area contributed by atoms with E-state index in [1.54, 1.807) is 0 Å². The molecule has 2 aromatic rings. The molecule has 2 aliphatic heterocycles. The van der Waals surface area contributed by atoms with Gasteiger partial charge in [-0.3, -0.25) is 4.79 Å². The van der Waals surface area contributed by atoms with Gasteiger partial charge in [-0.2, -0.15) is 0 Å². The molecule has 0 saturated carbocycles. The van der Waals surface area contributed by atoms with E-state index in [4.69, 9.17) is 0 Å². The number of H-pyrrole nitrogens is 1. The summed E-state index contributed by atoms with van der Waals surface area (Å²) in [7, 11) is 0. The predicted octanol–water partition coefficient (Wildman–Crippen LogP) is 2.78. The lowest BCUT2D eigenvalue weighted by atomic mass is 9.93. The van der Waals surface area contributed by atoms with E-state index < -0.39 is 0 Å². The highest BCUT2D eigenvalue weighted by Crippen LogP contribution is 2.40. The predicted molar refractivity (Wildman–Crippen MR) is 70.3 cm³/mol. The van der Waals surface area contributed by atoms with Gasteiger partial charge in [0.15, 0.2) is 0 Å². The lowest BCUT2D eigenvalue weighted by Gasteiger charge is -2.35. The number of aromatic nitrogens is 1. The van der Waals surface area contributed by atoms with Crippen LogP contribution in [0.2, 0.25) is 0 Å². The largest absolute Gasteiger partial charge is 0.356 e. The molecule has 3 heteroatoms. The van der Waals surface area contributed by atoms with E-state index in [2.05, 4.69) is 41.1 Å². The van der Waals surface area contributed by atoms with Crippen LogP contribution in [0.1, 0.15) is 37.1 Å². The number of aromatic amines is 1. The molecule has 1 fully saturated rings. The number of carbonyl (C=O) groups is 1. The van der Waals surface area contributed by atoms with E-state index in [1.165, 1.54) is 22.2 Å². The Morgan fingerprint density at radius 1 is 1.33 bits per heavy atom. The summed E-state index contributed by atoms with van der Waals surface area (Å²) in [6, 6.07) is 9.06. The first-order chi connectivity index (χ1) is 8.75. The lowest BCUT2D eigenvalue weighted by Crippen LogP contribution is -2.40. The highest BCUT2D eigenvalue weighted by molar-refractivity contribution is 5.87. The maximum absolute atomic E-state index is 12.0. The van der Waals surface area contributed by atoms with Gasteiger partial charge in [0.1, 0.15) is 0 Å². The van der Waals surface area contributed by atoms with E-state index in [-0.39, 0.29) is 6.04 Å². The fraction of sp³-hybridized carbons (Fsp3) is 0.400. The molecule has 4 rings (SSSR count). The van der Waals surface area contributed by atoms with Gasteiger partial charge >= 0.3 is 0 Å². The Kier molecular flexibility index (Phi) is 1.91. The molecule has 0 bridgehead atoms. The first-order valence-corrected chi connectivity index (χ1v) is 6.66. The Balaban J connectivity index is 1.93. The highest BCUT2D eigenvalue weighted by atomic mass is 16.2. The highest BCUT2D eigenvalue weighted by Gasteiger charge is 2.40. The Hall–Kier alpha value is -1.77. The fourth-order valence-corrected chi connectivity index (χ4v) is 3.67. The van der Waals surface area contributed by atoms with E-state index in [1.807, 2.05) is 0 Å². The monoisotopic (exact) mass is 240 g/mol. The Bertz CT molecular complexity index is 643. The number of hydrogen-bond acceptors (Lipinski definition) is 1. The van der Waals surface area contributed by atoms with Crippen LogP contribution < -0.4 is 0 Å². The van der Waals surface area contributed by atoms with E-state index in [9.17, 15) is 4.79 Å². The molecule has 1 aromatic heterocycles. The molecule has 1 amide bonds. The molecular formula is C15H16N2O. The minimum absolute atomic E-state index is 0.196. The van der Waals surface area contributed by atoms with Gasteiger partial charge in [0.2, 0.25) is 5.91 Å². The molecular weight excluding hydrogens is 224 g/mol. The number of fused-ring (bicyclic) bond motifs is 4. The van der Waals surface area contributed by atoms with Gasteiger partial charge in [0.25, 0.3) is 0 Å². The lowest BCUT2D eigenvalue weighted by molar-refractivity contribution is -0.131. The van der Waals surface area contributed by atoms with Gasteiger partial charge in [-0.25, -0.2) is 0 Å². The molecule has 0 spiro atoms. The first-order valence-electron chi connectivity index (χ1n) is 6.66. The maximum atomic E-state index is 12.0. The van der Waals surface area contributed by atoms with Crippen molar-refractivity contribution < 1.29 is 4.79 Å². The first kappa shape index (κ1) is 10.2. The van der Waals surface area contributed by atoms with Gasteiger partial charge in [0.05, 0.1) is 6.04 Å². The topological polar surface area (TPSA) is 36.1 Å². The molecule has 1 N–H and O–H groups in total. The number of amides is 1. The van der Waals surface area contributed by atoms with Crippen LogP contribution in [0.15, 0.2) is 24.3 Å². The summed E-state index contributed by atoms with van der Waals surface area (Å²) in [4.78, 5) is 17.5. The second-order valence-electron chi connectivity index (χ2n) is 5.44. The summed E-state index contributed by atoms with van der Waals surface area (Å²) in [5.74, 6) is 0.316. The Morgan fingerprint density at radius 3 is 3.06 bits per heavy atom. The van der Waals surface area contributed by atoms with Crippen molar-refractivity contribution in [1.29, 1.82) is 0 Å². The molecule has 3 nitrogen and oxygen atoms in total. The van der Waals surface area contributed by atoms with Crippen molar-refractivity contribution in [3.05, 3.63) is 35.5 Å². The van der Waals surface area contributed by atoms with Crippen LogP contribution in [0.4, 0.5) is 0 Å². The molecule has 1 saturated heterocycles. The van der Waals surface area contributed by atoms with Crippen LogP contribution in [-0.2, 0) is 11.2 Å². The Labute approximate surface area is 106 Å². The van der Waals surface area contributed by atoms with Crippen LogP contribution in [-0.4, -0.2) is 21.8 Å². The van der Waals surface area contributed by atoms with Crippen LogP contribution >= 0.6 is 0 Å². The average molecular weight is 240 g/mol. The number of benzene rings is 1. The SMILES string of the molecule is CC1c2[nH]c3ccccc3c2CC2CCC(=O)N21. The smallest absolute Gasteiger partial charge is 0.223 e. The van der Waals surface area contributed by atoms with Crippen molar-refractivity contribution in [1.82, 2.24) is 9.88 Å². The summed E-state index contributed by atoms with van der Waals surface area (Å²) < 4.78 is 0. The number of nitrogens with one attached hydrogen (secondary N) is 1. The summed E-state index contributed by atoms with van der Waals surface area (Å²) in [6.07, 6.45) is 2.74. The van der Waals surface area contributed by atoms with Crippen molar-refractivity contribution in [3.63, 3.8) is 0 Å². The van der Waals surface area contributed by atoms with Gasteiger partial charge in [0, 0.05) is 29.1 Å². The van der Waals surface area contributed by atoms with Crippen LogP contribution in [0.3, 0.4) is 0 Å². The summed E-state index contributed by atoms with van der Waals surface area (Å²) >= 11 is 0.